The summed E-state index contributed by atoms with van der Waals surface area (Å²) in [6.45, 7) is 0. The van der Waals surface area contributed by atoms with Gasteiger partial charge in [0, 0.05) is 22.5 Å². The second kappa shape index (κ2) is 4.65. The SMILES string of the molecule is Cn1cc(-c2noc(-c3cc(I)ccc3N)n2)cn1. The molecule has 3 rings (SSSR count). The van der Waals surface area contributed by atoms with E-state index in [4.69, 9.17) is 10.3 Å². The van der Waals surface area contributed by atoms with E-state index in [9.17, 15) is 0 Å². The quantitative estimate of drug-likeness (QED) is 0.555. The lowest BCUT2D eigenvalue weighted by atomic mass is 10.2. The van der Waals surface area contributed by atoms with Crippen LogP contribution in [0.2, 0.25) is 0 Å². The van der Waals surface area contributed by atoms with Gasteiger partial charge < -0.3 is 10.3 Å². The van der Waals surface area contributed by atoms with Crippen molar-refractivity contribution in [1.29, 1.82) is 0 Å². The lowest BCUT2D eigenvalue weighted by Gasteiger charge is -2.00. The summed E-state index contributed by atoms with van der Waals surface area (Å²) in [5.74, 6) is 0.913. The number of benzene rings is 1. The fourth-order valence-electron chi connectivity index (χ4n) is 1.70. The molecule has 0 radical (unpaired) electrons. The predicted molar refractivity (Wildman–Crippen MR) is 79.1 cm³/mol. The summed E-state index contributed by atoms with van der Waals surface area (Å²) < 4.78 is 8.01. The Labute approximate surface area is 122 Å². The molecule has 0 aliphatic carbocycles. The number of nitrogens with zero attached hydrogens (tertiary/aromatic N) is 4. The summed E-state index contributed by atoms with van der Waals surface area (Å²) in [5.41, 5.74) is 8.09. The highest BCUT2D eigenvalue weighted by molar-refractivity contribution is 14.1. The molecule has 0 spiro atoms. The molecular weight excluding hydrogens is 357 g/mol. The van der Waals surface area contributed by atoms with Gasteiger partial charge in [0.1, 0.15) is 0 Å². The Morgan fingerprint density at radius 1 is 1.37 bits per heavy atom. The minimum atomic E-state index is 0.412. The molecule has 0 unspecified atom stereocenters. The number of rotatable bonds is 2. The van der Waals surface area contributed by atoms with Gasteiger partial charge >= 0.3 is 0 Å². The van der Waals surface area contributed by atoms with Gasteiger partial charge in [-0.15, -0.1) is 0 Å². The standard InChI is InChI=1S/C12H10IN5O/c1-18-6-7(5-15-18)11-16-12(19-17-11)9-4-8(13)2-3-10(9)14/h2-6H,14H2,1H3. The van der Waals surface area contributed by atoms with E-state index in [1.807, 2.05) is 31.4 Å². The van der Waals surface area contributed by atoms with E-state index in [-0.39, 0.29) is 0 Å². The topological polar surface area (TPSA) is 82.8 Å². The minimum absolute atomic E-state index is 0.412. The van der Waals surface area contributed by atoms with Crippen molar-refractivity contribution in [2.75, 3.05) is 5.73 Å². The van der Waals surface area contributed by atoms with Crippen LogP contribution in [0, 0.1) is 3.57 Å². The average Bonchev–Trinajstić information content (AvgIpc) is 3.00. The van der Waals surface area contributed by atoms with Crippen LogP contribution in [0.4, 0.5) is 5.69 Å². The summed E-state index contributed by atoms with van der Waals surface area (Å²) in [7, 11) is 1.84. The molecular formula is C12H10IN5O. The second-order valence-electron chi connectivity index (χ2n) is 4.06. The van der Waals surface area contributed by atoms with Crippen molar-refractivity contribution in [3.63, 3.8) is 0 Å². The van der Waals surface area contributed by atoms with Gasteiger partial charge in [0.25, 0.3) is 5.89 Å². The van der Waals surface area contributed by atoms with Crippen molar-refractivity contribution >= 4 is 28.3 Å². The van der Waals surface area contributed by atoms with E-state index in [1.165, 1.54) is 0 Å². The van der Waals surface area contributed by atoms with E-state index in [1.54, 1.807) is 10.9 Å². The Balaban J connectivity index is 2.03. The van der Waals surface area contributed by atoms with Gasteiger partial charge in [-0.3, -0.25) is 4.68 Å². The summed E-state index contributed by atoms with van der Waals surface area (Å²) in [5, 5.41) is 8.03. The Kier molecular flexibility index (Phi) is 2.97. The monoisotopic (exact) mass is 367 g/mol. The number of nitrogen functional groups attached to an aromatic ring is 1. The van der Waals surface area contributed by atoms with Crippen LogP contribution in [0.3, 0.4) is 0 Å². The number of hydrogen-bond acceptors (Lipinski definition) is 5. The van der Waals surface area contributed by atoms with E-state index in [0.717, 1.165) is 14.7 Å². The molecule has 0 bridgehead atoms. The van der Waals surface area contributed by atoms with Crippen LogP contribution in [-0.4, -0.2) is 19.9 Å². The first kappa shape index (κ1) is 12.2. The molecule has 0 aliphatic heterocycles. The van der Waals surface area contributed by atoms with Crippen LogP contribution < -0.4 is 5.73 Å². The van der Waals surface area contributed by atoms with Gasteiger partial charge in [-0.2, -0.15) is 10.1 Å². The summed E-state index contributed by atoms with van der Waals surface area (Å²) >= 11 is 2.21. The molecule has 7 heteroatoms. The minimum Gasteiger partial charge on any atom is -0.398 e. The van der Waals surface area contributed by atoms with Gasteiger partial charge in [0.2, 0.25) is 5.82 Å². The Hall–Kier alpha value is -1.90. The molecule has 0 fully saturated rings. The zero-order valence-electron chi connectivity index (χ0n) is 10.0. The van der Waals surface area contributed by atoms with Crippen molar-refractivity contribution in [3.05, 3.63) is 34.2 Å². The maximum Gasteiger partial charge on any atom is 0.260 e. The summed E-state index contributed by atoms with van der Waals surface area (Å²) in [4.78, 5) is 4.35. The number of halogens is 1. The molecule has 2 N–H and O–H groups in total. The first-order valence-electron chi connectivity index (χ1n) is 5.51. The summed E-state index contributed by atoms with van der Waals surface area (Å²) in [6.07, 6.45) is 3.51. The second-order valence-corrected chi connectivity index (χ2v) is 5.30. The Morgan fingerprint density at radius 2 is 2.21 bits per heavy atom. The van der Waals surface area contributed by atoms with Crippen LogP contribution in [0.15, 0.2) is 35.1 Å². The van der Waals surface area contributed by atoms with Gasteiger partial charge in [-0.1, -0.05) is 5.16 Å². The molecule has 2 heterocycles. The smallest absolute Gasteiger partial charge is 0.260 e. The van der Waals surface area contributed by atoms with Crippen LogP contribution in [0.1, 0.15) is 0 Å². The third-order valence-corrected chi connectivity index (χ3v) is 3.31. The third kappa shape index (κ3) is 2.33. The Morgan fingerprint density at radius 3 is 2.95 bits per heavy atom. The molecule has 0 amide bonds. The average molecular weight is 367 g/mol. The number of aromatic nitrogens is 4. The number of anilines is 1. The molecule has 1 aromatic carbocycles. The lowest BCUT2D eigenvalue weighted by molar-refractivity contribution is 0.432. The zero-order chi connectivity index (χ0) is 13.4. The van der Waals surface area contributed by atoms with E-state index in [2.05, 4.69) is 37.8 Å². The van der Waals surface area contributed by atoms with Gasteiger partial charge in [0.15, 0.2) is 0 Å². The van der Waals surface area contributed by atoms with Gasteiger partial charge in [0.05, 0.1) is 17.3 Å². The van der Waals surface area contributed by atoms with Crippen LogP contribution in [-0.2, 0) is 7.05 Å². The van der Waals surface area contributed by atoms with Gasteiger partial charge in [-0.25, -0.2) is 0 Å². The molecule has 2 aromatic heterocycles. The third-order valence-electron chi connectivity index (χ3n) is 2.63. The van der Waals surface area contributed by atoms with Crippen LogP contribution >= 0.6 is 22.6 Å². The van der Waals surface area contributed by atoms with Crippen molar-refractivity contribution < 1.29 is 4.52 Å². The normalized spacial score (nSPS) is 10.8. The van der Waals surface area contributed by atoms with Crippen molar-refractivity contribution in [2.24, 2.45) is 7.05 Å². The van der Waals surface area contributed by atoms with Crippen LogP contribution in [0.5, 0.6) is 0 Å². The molecule has 6 nitrogen and oxygen atoms in total. The van der Waals surface area contributed by atoms with Crippen molar-refractivity contribution in [3.8, 4) is 22.8 Å². The lowest BCUT2D eigenvalue weighted by Crippen LogP contribution is -1.90. The highest BCUT2D eigenvalue weighted by atomic mass is 127. The van der Waals surface area contributed by atoms with E-state index >= 15 is 0 Å². The van der Waals surface area contributed by atoms with Gasteiger partial charge in [-0.05, 0) is 40.8 Å². The molecule has 96 valence electrons. The zero-order valence-corrected chi connectivity index (χ0v) is 12.2. The Bertz CT molecular complexity index is 733. The first-order valence-corrected chi connectivity index (χ1v) is 6.59. The highest BCUT2D eigenvalue weighted by Gasteiger charge is 2.14. The highest BCUT2D eigenvalue weighted by Crippen LogP contribution is 2.28. The maximum absolute atomic E-state index is 5.93. The number of hydrogen-bond donors (Lipinski definition) is 1. The fraction of sp³-hybridized carbons (Fsp3) is 0.0833. The van der Waals surface area contributed by atoms with E-state index in [0.29, 0.717) is 17.4 Å². The number of nitrogens with two attached hydrogens (primary N) is 1. The first-order chi connectivity index (χ1) is 9.13. The van der Waals surface area contributed by atoms with Crippen molar-refractivity contribution in [1.82, 2.24) is 19.9 Å². The molecule has 0 atom stereocenters. The molecule has 3 aromatic rings. The maximum atomic E-state index is 5.93. The molecule has 0 aliphatic rings. The van der Waals surface area contributed by atoms with E-state index < -0.39 is 0 Å². The molecule has 19 heavy (non-hydrogen) atoms. The van der Waals surface area contributed by atoms with Crippen LogP contribution in [0.25, 0.3) is 22.8 Å². The largest absolute Gasteiger partial charge is 0.398 e. The molecule has 0 saturated heterocycles. The van der Waals surface area contributed by atoms with Crippen molar-refractivity contribution in [2.45, 2.75) is 0 Å². The summed E-state index contributed by atoms with van der Waals surface area (Å²) in [6, 6.07) is 5.67. The number of aryl methyl sites for hydroxylation is 1. The molecule has 0 saturated carbocycles. The predicted octanol–water partition coefficient (Wildman–Crippen LogP) is 2.32. The fourth-order valence-corrected chi connectivity index (χ4v) is 2.19.